The smallest absolute Gasteiger partial charge is 0.322 e. The van der Waals surface area contributed by atoms with Crippen LogP contribution >= 0.6 is 11.6 Å². The number of aliphatic hydroxyl groups excluding tert-OH is 1. The van der Waals surface area contributed by atoms with Crippen molar-refractivity contribution in [1.82, 2.24) is 5.32 Å². The molecule has 2 amide bonds. The Balaban J connectivity index is 1.76. The van der Waals surface area contributed by atoms with E-state index in [4.69, 9.17) is 11.6 Å². The number of halogens is 1. The van der Waals surface area contributed by atoms with E-state index in [-0.39, 0.29) is 12.1 Å². The molecule has 4 nitrogen and oxygen atoms in total. The molecule has 2 aliphatic rings. The summed E-state index contributed by atoms with van der Waals surface area (Å²) in [6.07, 6.45) is 5.78. The molecule has 114 valence electrons. The van der Waals surface area contributed by atoms with Crippen molar-refractivity contribution in [2.75, 3.05) is 11.4 Å². The van der Waals surface area contributed by atoms with Gasteiger partial charge in [-0.15, -0.1) is 0 Å². The first-order valence-electron chi connectivity index (χ1n) is 7.70. The molecule has 1 aliphatic carbocycles. The highest BCUT2D eigenvalue weighted by Gasteiger charge is 2.29. The zero-order valence-corrected chi connectivity index (χ0v) is 12.8. The Morgan fingerprint density at radius 2 is 2.00 bits per heavy atom. The number of carbonyl (C=O) groups is 1. The first kappa shape index (κ1) is 14.7. The molecule has 1 fully saturated rings. The number of amides is 2. The first-order valence-corrected chi connectivity index (χ1v) is 8.08. The van der Waals surface area contributed by atoms with E-state index in [0.29, 0.717) is 18.0 Å². The summed E-state index contributed by atoms with van der Waals surface area (Å²) in [5.74, 6) is 0. The van der Waals surface area contributed by atoms with Gasteiger partial charge in [-0.05, 0) is 37.5 Å². The van der Waals surface area contributed by atoms with Gasteiger partial charge in [0, 0.05) is 23.2 Å². The highest BCUT2D eigenvalue weighted by atomic mass is 35.5. The quantitative estimate of drug-likeness (QED) is 0.832. The maximum Gasteiger partial charge on any atom is 0.322 e. The molecule has 21 heavy (non-hydrogen) atoms. The van der Waals surface area contributed by atoms with E-state index in [1.165, 1.54) is 19.3 Å². The number of carbonyl (C=O) groups excluding carboxylic acids is 1. The molecule has 1 aromatic rings. The standard InChI is InChI=1S/C16H21ClN2O2/c17-11-6-7-14-13(10-11)15(20)8-9-19(14)16(21)18-12-4-2-1-3-5-12/h6-7,10,12,15,20H,1-5,8-9H2,(H,18,21). The number of hydrogen-bond donors (Lipinski definition) is 2. The van der Waals surface area contributed by atoms with E-state index in [0.717, 1.165) is 24.1 Å². The normalized spacial score (nSPS) is 22.8. The lowest BCUT2D eigenvalue weighted by Gasteiger charge is -2.34. The number of hydrogen-bond acceptors (Lipinski definition) is 2. The number of fused-ring (bicyclic) bond motifs is 1. The number of aliphatic hydroxyl groups is 1. The average molecular weight is 309 g/mol. The Labute approximate surface area is 130 Å². The van der Waals surface area contributed by atoms with E-state index >= 15 is 0 Å². The Hall–Kier alpha value is -1.26. The van der Waals surface area contributed by atoms with Crippen LogP contribution in [0.25, 0.3) is 0 Å². The van der Waals surface area contributed by atoms with Crippen LogP contribution in [0.4, 0.5) is 10.5 Å². The zero-order valence-electron chi connectivity index (χ0n) is 12.0. The molecule has 1 unspecified atom stereocenters. The number of anilines is 1. The van der Waals surface area contributed by atoms with Crippen molar-refractivity contribution in [2.24, 2.45) is 0 Å². The van der Waals surface area contributed by atoms with Crippen molar-refractivity contribution in [2.45, 2.75) is 50.7 Å². The molecule has 0 saturated heterocycles. The van der Waals surface area contributed by atoms with Crippen LogP contribution in [0.2, 0.25) is 5.02 Å². The van der Waals surface area contributed by atoms with Crippen LogP contribution in [0.1, 0.15) is 50.2 Å². The maximum absolute atomic E-state index is 12.5. The van der Waals surface area contributed by atoms with Crippen molar-refractivity contribution in [3.05, 3.63) is 28.8 Å². The second-order valence-corrected chi connectivity index (χ2v) is 6.38. The molecule has 0 radical (unpaired) electrons. The van der Waals surface area contributed by atoms with Crippen LogP contribution in [0.15, 0.2) is 18.2 Å². The Kier molecular flexibility index (Phi) is 4.36. The number of nitrogens with one attached hydrogen (secondary N) is 1. The fourth-order valence-electron chi connectivity index (χ4n) is 3.28. The van der Waals surface area contributed by atoms with E-state index < -0.39 is 6.10 Å². The van der Waals surface area contributed by atoms with Gasteiger partial charge < -0.3 is 10.4 Å². The number of urea groups is 1. The maximum atomic E-state index is 12.5. The van der Waals surface area contributed by atoms with Gasteiger partial charge in [0.05, 0.1) is 11.8 Å². The fourth-order valence-corrected chi connectivity index (χ4v) is 3.46. The largest absolute Gasteiger partial charge is 0.388 e. The van der Waals surface area contributed by atoms with E-state index in [1.54, 1.807) is 17.0 Å². The molecule has 3 rings (SSSR count). The van der Waals surface area contributed by atoms with Crippen LogP contribution in [0, 0.1) is 0 Å². The summed E-state index contributed by atoms with van der Waals surface area (Å²) >= 11 is 5.99. The molecular weight excluding hydrogens is 288 g/mol. The highest BCUT2D eigenvalue weighted by molar-refractivity contribution is 6.30. The van der Waals surface area contributed by atoms with Gasteiger partial charge in [-0.1, -0.05) is 30.9 Å². The van der Waals surface area contributed by atoms with Crippen molar-refractivity contribution >= 4 is 23.3 Å². The van der Waals surface area contributed by atoms with Gasteiger partial charge in [0.25, 0.3) is 0 Å². The van der Waals surface area contributed by atoms with Crippen LogP contribution in [-0.4, -0.2) is 23.7 Å². The fraction of sp³-hybridized carbons (Fsp3) is 0.562. The van der Waals surface area contributed by atoms with Gasteiger partial charge in [0.1, 0.15) is 0 Å². The third-order valence-electron chi connectivity index (χ3n) is 4.44. The second-order valence-electron chi connectivity index (χ2n) is 5.94. The zero-order chi connectivity index (χ0) is 14.8. The second kappa shape index (κ2) is 6.24. The van der Waals surface area contributed by atoms with Gasteiger partial charge in [-0.25, -0.2) is 4.79 Å². The van der Waals surface area contributed by atoms with Gasteiger partial charge in [-0.2, -0.15) is 0 Å². The van der Waals surface area contributed by atoms with Crippen LogP contribution in [0.5, 0.6) is 0 Å². The summed E-state index contributed by atoms with van der Waals surface area (Å²) in [4.78, 5) is 14.3. The number of benzene rings is 1. The minimum atomic E-state index is -0.544. The summed E-state index contributed by atoms with van der Waals surface area (Å²) < 4.78 is 0. The van der Waals surface area contributed by atoms with Crippen LogP contribution in [0.3, 0.4) is 0 Å². The SMILES string of the molecule is O=C(NC1CCCCC1)N1CCC(O)c2cc(Cl)ccc21. The molecule has 1 atom stereocenters. The third kappa shape index (κ3) is 3.16. The van der Waals surface area contributed by atoms with Crippen molar-refractivity contribution < 1.29 is 9.90 Å². The lowest BCUT2D eigenvalue weighted by atomic mass is 9.95. The summed E-state index contributed by atoms with van der Waals surface area (Å²) in [7, 11) is 0. The minimum Gasteiger partial charge on any atom is -0.388 e. The van der Waals surface area contributed by atoms with Crippen molar-refractivity contribution in [1.29, 1.82) is 0 Å². The molecule has 1 aromatic carbocycles. The first-order chi connectivity index (χ1) is 10.1. The van der Waals surface area contributed by atoms with Gasteiger partial charge in [0.2, 0.25) is 0 Å². The summed E-state index contributed by atoms with van der Waals surface area (Å²) in [5, 5.41) is 13.8. The third-order valence-corrected chi connectivity index (χ3v) is 4.68. The Morgan fingerprint density at radius 1 is 1.24 bits per heavy atom. The van der Waals surface area contributed by atoms with Crippen molar-refractivity contribution in [3.63, 3.8) is 0 Å². The molecule has 2 N–H and O–H groups in total. The monoisotopic (exact) mass is 308 g/mol. The predicted octanol–water partition coefficient (Wildman–Crippen LogP) is 3.63. The lowest BCUT2D eigenvalue weighted by Crippen LogP contribution is -2.47. The van der Waals surface area contributed by atoms with E-state index in [1.807, 2.05) is 6.07 Å². The lowest BCUT2D eigenvalue weighted by molar-refractivity contribution is 0.164. The molecular formula is C16H21ClN2O2. The molecule has 5 heteroatoms. The topological polar surface area (TPSA) is 52.6 Å². The number of nitrogens with zero attached hydrogens (tertiary/aromatic N) is 1. The van der Waals surface area contributed by atoms with Gasteiger partial charge >= 0.3 is 6.03 Å². The Bertz CT molecular complexity index is 529. The molecule has 1 saturated carbocycles. The Morgan fingerprint density at radius 3 is 2.76 bits per heavy atom. The predicted molar refractivity (Wildman–Crippen MR) is 83.8 cm³/mol. The average Bonchev–Trinajstić information content (AvgIpc) is 2.49. The molecule has 0 aromatic heterocycles. The van der Waals surface area contributed by atoms with E-state index in [9.17, 15) is 9.90 Å². The van der Waals surface area contributed by atoms with Crippen molar-refractivity contribution in [3.8, 4) is 0 Å². The van der Waals surface area contributed by atoms with Crippen LogP contribution < -0.4 is 10.2 Å². The van der Waals surface area contributed by atoms with Crippen LogP contribution in [-0.2, 0) is 0 Å². The summed E-state index contributed by atoms with van der Waals surface area (Å²) in [5.41, 5.74) is 1.51. The minimum absolute atomic E-state index is 0.0580. The summed E-state index contributed by atoms with van der Waals surface area (Å²) in [6, 6.07) is 5.56. The number of rotatable bonds is 1. The molecule has 0 bridgehead atoms. The molecule has 1 heterocycles. The van der Waals surface area contributed by atoms with Gasteiger partial charge in [-0.3, -0.25) is 4.90 Å². The van der Waals surface area contributed by atoms with E-state index in [2.05, 4.69) is 5.32 Å². The molecule has 0 spiro atoms. The molecule has 1 aliphatic heterocycles. The summed E-state index contributed by atoms with van der Waals surface area (Å²) in [6.45, 7) is 0.536. The highest BCUT2D eigenvalue weighted by Crippen LogP contribution is 2.35. The van der Waals surface area contributed by atoms with Gasteiger partial charge in [0.15, 0.2) is 0 Å².